The van der Waals surface area contributed by atoms with Crippen LogP contribution in [0.15, 0.2) is 48.5 Å². The molecule has 0 spiro atoms. The quantitative estimate of drug-likeness (QED) is 0.465. The van der Waals surface area contributed by atoms with Gasteiger partial charge in [-0.25, -0.2) is 0 Å². The second kappa shape index (κ2) is 6.52. The van der Waals surface area contributed by atoms with E-state index in [0.717, 1.165) is 11.3 Å². The van der Waals surface area contributed by atoms with Gasteiger partial charge >= 0.3 is 0 Å². The number of hydrogen-bond acceptors (Lipinski definition) is 3. The normalized spacial score (nSPS) is 11.9. The molecule has 1 atom stereocenters. The lowest BCUT2D eigenvalue weighted by Gasteiger charge is -2.14. The fourth-order valence-corrected chi connectivity index (χ4v) is 2.82. The van der Waals surface area contributed by atoms with Crippen molar-refractivity contribution in [3.63, 3.8) is 0 Å². The Morgan fingerprint density at radius 2 is 1.85 bits per heavy atom. The van der Waals surface area contributed by atoms with Crippen LogP contribution in [-0.4, -0.2) is 12.0 Å². The first-order chi connectivity index (χ1) is 9.63. The van der Waals surface area contributed by atoms with Gasteiger partial charge in [0.25, 0.3) is 5.69 Å². The Kier molecular flexibility index (Phi) is 4.74. The number of alkyl halides is 1. The van der Waals surface area contributed by atoms with Gasteiger partial charge in [-0.15, -0.1) is 0 Å². The summed E-state index contributed by atoms with van der Waals surface area (Å²) in [7, 11) is 1.61. The summed E-state index contributed by atoms with van der Waals surface area (Å²) in [5.74, 6) is 0.771. The predicted octanol–water partition coefficient (Wildman–Crippen LogP) is 4.28. The molecule has 0 amide bonds. The van der Waals surface area contributed by atoms with Crippen molar-refractivity contribution >= 4 is 21.6 Å². The number of benzene rings is 2. The monoisotopic (exact) mass is 335 g/mol. The van der Waals surface area contributed by atoms with E-state index in [0.29, 0.717) is 12.0 Å². The topological polar surface area (TPSA) is 52.4 Å². The Balaban J connectivity index is 2.28. The van der Waals surface area contributed by atoms with Crippen LogP contribution in [0.2, 0.25) is 0 Å². The average Bonchev–Trinajstić information content (AvgIpc) is 2.47. The zero-order valence-electron chi connectivity index (χ0n) is 11.0. The number of ether oxygens (including phenoxy) is 1. The largest absolute Gasteiger partial charge is 0.496 e. The summed E-state index contributed by atoms with van der Waals surface area (Å²) in [6, 6.07) is 14.4. The van der Waals surface area contributed by atoms with E-state index in [-0.39, 0.29) is 15.4 Å². The molecule has 0 saturated heterocycles. The van der Waals surface area contributed by atoms with Gasteiger partial charge in [0.2, 0.25) is 0 Å². The van der Waals surface area contributed by atoms with Crippen LogP contribution in [0.1, 0.15) is 16.0 Å². The molecule has 0 aliphatic rings. The first kappa shape index (κ1) is 14.5. The van der Waals surface area contributed by atoms with Crippen molar-refractivity contribution in [3.05, 3.63) is 69.8 Å². The second-order valence-corrected chi connectivity index (χ2v) is 5.40. The molecular weight excluding hydrogens is 322 g/mol. The number of nitro benzene ring substituents is 1. The van der Waals surface area contributed by atoms with E-state index in [1.54, 1.807) is 19.2 Å². The van der Waals surface area contributed by atoms with Crippen molar-refractivity contribution in [1.82, 2.24) is 0 Å². The smallest absolute Gasteiger partial charge is 0.272 e. The van der Waals surface area contributed by atoms with Gasteiger partial charge in [-0.3, -0.25) is 10.1 Å². The second-order valence-electron chi connectivity index (χ2n) is 4.30. The zero-order chi connectivity index (χ0) is 14.5. The van der Waals surface area contributed by atoms with Crippen LogP contribution in [0.25, 0.3) is 0 Å². The fourth-order valence-electron chi connectivity index (χ4n) is 2.09. The van der Waals surface area contributed by atoms with Gasteiger partial charge in [-0.1, -0.05) is 52.3 Å². The van der Waals surface area contributed by atoms with Crippen molar-refractivity contribution in [3.8, 4) is 5.75 Å². The molecular formula is C15H14BrNO3. The Morgan fingerprint density at radius 1 is 1.20 bits per heavy atom. The lowest BCUT2D eigenvalue weighted by Crippen LogP contribution is -2.01. The Bertz CT molecular complexity index is 616. The highest BCUT2D eigenvalue weighted by Gasteiger charge is 2.19. The first-order valence-electron chi connectivity index (χ1n) is 6.12. The molecule has 0 radical (unpaired) electrons. The van der Waals surface area contributed by atoms with E-state index >= 15 is 0 Å². The van der Waals surface area contributed by atoms with Crippen molar-refractivity contribution in [1.29, 1.82) is 0 Å². The fraction of sp³-hybridized carbons (Fsp3) is 0.200. The third kappa shape index (κ3) is 3.17. The van der Waals surface area contributed by atoms with Crippen LogP contribution in [0, 0.1) is 10.1 Å². The zero-order valence-corrected chi connectivity index (χ0v) is 12.5. The molecule has 5 heteroatoms. The van der Waals surface area contributed by atoms with Crippen LogP contribution in [-0.2, 0) is 6.42 Å². The van der Waals surface area contributed by atoms with Crippen LogP contribution in [0.5, 0.6) is 5.75 Å². The standard InChI is InChI=1S/C15H14BrNO3/c1-20-15-9-5-3-7-12(15)13(16)10-11-6-2-4-8-14(11)17(18)19/h2-9,13H,10H2,1H3. The van der Waals surface area contributed by atoms with Crippen LogP contribution < -0.4 is 4.74 Å². The molecule has 0 fully saturated rings. The van der Waals surface area contributed by atoms with E-state index in [2.05, 4.69) is 15.9 Å². The van der Waals surface area contributed by atoms with Gasteiger partial charge in [0, 0.05) is 22.0 Å². The van der Waals surface area contributed by atoms with E-state index < -0.39 is 0 Å². The summed E-state index contributed by atoms with van der Waals surface area (Å²) in [6.45, 7) is 0. The van der Waals surface area contributed by atoms with E-state index in [1.807, 2.05) is 30.3 Å². The van der Waals surface area contributed by atoms with E-state index in [4.69, 9.17) is 4.74 Å². The average molecular weight is 336 g/mol. The Hall–Kier alpha value is -1.88. The maximum absolute atomic E-state index is 11.0. The lowest BCUT2D eigenvalue weighted by atomic mass is 10.0. The third-order valence-electron chi connectivity index (χ3n) is 3.06. The summed E-state index contributed by atoms with van der Waals surface area (Å²) in [6.07, 6.45) is 0.525. The molecule has 104 valence electrons. The highest BCUT2D eigenvalue weighted by molar-refractivity contribution is 9.09. The van der Waals surface area contributed by atoms with E-state index in [1.165, 1.54) is 6.07 Å². The molecule has 0 aromatic heterocycles. The summed E-state index contributed by atoms with van der Waals surface area (Å²) in [5.41, 5.74) is 1.82. The minimum absolute atomic E-state index is 0.0419. The van der Waals surface area contributed by atoms with Crippen molar-refractivity contribution in [2.45, 2.75) is 11.2 Å². The van der Waals surface area contributed by atoms with Crippen LogP contribution in [0.4, 0.5) is 5.69 Å². The summed E-state index contributed by atoms with van der Waals surface area (Å²) in [5, 5.41) is 11.0. The molecule has 0 heterocycles. The maximum atomic E-state index is 11.0. The van der Waals surface area contributed by atoms with Crippen LogP contribution in [0.3, 0.4) is 0 Å². The number of halogens is 1. The molecule has 0 bridgehead atoms. The summed E-state index contributed by atoms with van der Waals surface area (Å²) < 4.78 is 5.32. The number of hydrogen-bond donors (Lipinski definition) is 0. The van der Waals surface area contributed by atoms with Gasteiger partial charge in [0.15, 0.2) is 0 Å². The van der Waals surface area contributed by atoms with Gasteiger partial charge in [0.05, 0.1) is 12.0 Å². The molecule has 2 aromatic carbocycles. The van der Waals surface area contributed by atoms with Crippen molar-refractivity contribution in [2.75, 3.05) is 7.11 Å². The molecule has 4 nitrogen and oxygen atoms in total. The number of rotatable bonds is 5. The first-order valence-corrected chi connectivity index (χ1v) is 7.04. The van der Waals surface area contributed by atoms with Gasteiger partial charge in [0.1, 0.15) is 5.75 Å². The molecule has 0 N–H and O–H groups in total. The number of para-hydroxylation sites is 2. The molecule has 2 rings (SSSR count). The van der Waals surface area contributed by atoms with Gasteiger partial charge < -0.3 is 4.74 Å². The molecule has 0 saturated carbocycles. The van der Waals surface area contributed by atoms with Crippen molar-refractivity contribution in [2.24, 2.45) is 0 Å². The van der Waals surface area contributed by atoms with E-state index in [9.17, 15) is 10.1 Å². The summed E-state index contributed by atoms with van der Waals surface area (Å²) in [4.78, 5) is 10.6. The maximum Gasteiger partial charge on any atom is 0.272 e. The minimum Gasteiger partial charge on any atom is -0.496 e. The molecule has 0 aliphatic heterocycles. The molecule has 1 unspecified atom stereocenters. The number of nitro groups is 1. The predicted molar refractivity (Wildman–Crippen MR) is 81.5 cm³/mol. The highest BCUT2D eigenvalue weighted by atomic mass is 79.9. The number of nitrogens with zero attached hydrogens (tertiary/aromatic N) is 1. The third-order valence-corrected chi connectivity index (χ3v) is 3.88. The summed E-state index contributed by atoms with van der Waals surface area (Å²) >= 11 is 3.60. The highest BCUT2D eigenvalue weighted by Crippen LogP contribution is 2.35. The Morgan fingerprint density at radius 3 is 2.55 bits per heavy atom. The van der Waals surface area contributed by atoms with Crippen molar-refractivity contribution < 1.29 is 9.66 Å². The molecule has 20 heavy (non-hydrogen) atoms. The Labute approximate surface area is 125 Å². The molecule has 2 aromatic rings. The molecule has 0 aliphatic carbocycles. The SMILES string of the molecule is COc1ccccc1C(Br)Cc1ccccc1[N+](=O)[O-]. The lowest BCUT2D eigenvalue weighted by molar-refractivity contribution is -0.385. The number of methoxy groups -OCH3 is 1. The minimum atomic E-state index is -0.350. The van der Waals surface area contributed by atoms with Crippen LogP contribution >= 0.6 is 15.9 Å². The van der Waals surface area contributed by atoms with Gasteiger partial charge in [-0.2, -0.15) is 0 Å². The van der Waals surface area contributed by atoms with Gasteiger partial charge in [-0.05, 0) is 12.5 Å².